The Kier molecular flexibility index (Phi) is 4.24. The summed E-state index contributed by atoms with van der Waals surface area (Å²) in [7, 11) is 1.38. The van der Waals surface area contributed by atoms with E-state index in [1.54, 1.807) is 9.58 Å². The molecule has 3 rings (SSSR count). The Morgan fingerprint density at radius 1 is 1.32 bits per heavy atom. The van der Waals surface area contributed by atoms with E-state index in [1.165, 1.54) is 7.11 Å². The summed E-state index contributed by atoms with van der Waals surface area (Å²) in [6, 6.07) is 0. The molecule has 8 heteroatoms. The van der Waals surface area contributed by atoms with Crippen LogP contribution in [0.4, 0.5) is 0 Å². The number of piperidine rings is 1. The second-order valence-corrected chi connectivity index (χ2v) is 5.86. The topological polar surface area (TPSA) is 73.7 Å². The summed E-state index contributed by atoms with van der Waals surface area (Å²) < 4.78 is 11.9. The van der Waals surface area contributed by atoms with Crippen molar-refractivity contribution in [1.82, 2.24) is 14.7 Å². The highest BCUT2D eigenvalue weighted by Crippen LogP contribution is 2.32. The molecule has 1 aromatic heterocycles. The monoisotopic (exact) mass is 327 g/mol. The summed E-state index contributed by atoms with van der Waals surface area (Å²) in [6.45, 7) is 2.28. The van der Waals surface area contributed by atoms with Gasteiger partial charge in [0.1, 0.15) is 5.02 Å². The largest absolute Gasteiger partial charge is 0.477 e. The maximum Gasteiger partial charge on any atom is 0.308 e. The van der Waals surface area contributed by atoms with Crippen LogP contribution in [0.3, 0.4) is 0 Å². The predicted octanol–water partition coefficient (Wildman–Crippen LogP) is 1.34. The van der Waals surface area contributed by atoms with Crippen LogP contribution in [0.5, 0.6) is 5.88 Å². The molecule has 22 heavy (non-hydrogen) atoms. The van der Waals surface area contributed by atoms with Crippen LogP contribution in [-0.2, 0) is 16.1 Å². The Morgan fingerprint density at radius 3 is 2.68 bits per heavy atom. The number of amides is 1. The average Bonchev–Trinajstić information content (AvgIpc) is 2.91. The van der Waals surface area contributed by atoms with E-state index in [4.69, 9.17) is 21.1 Å². The molecule has 1 aromatic rings. The molecule has 0 spiro atoms. The van der Waals surface area contributed by atoms with Crippen LogP contribution in [0.25, 0.3) is 0 Å². The number of methoxy groups -OCH3 is 1. The SMILES string of the molecule is COC(=O)C1CCN(C(=O)c2nn3c(c2Cl)OCCC3)CC1. The van der Waals surface area contributed by atoms with Crippen LogP contribution in [0, 0.1) is 5.92 Å². The number of ether oxygens (including phenoxy) is 2. The molecule has 7 nitrogen and oxygen atoms in total. The van der Waals surface area contributed by atoms with Gasteiger partial charge in [-0.2, -0.15) is 5.10 Å². The van der Waals surface area contributed by atoms with Gasteiger partial charge in [0.15, 0.2) is 5.69 Å². The molecule has 0 bridgehead atoms. The van der Waals surface area contributed by atoms with Gasteiger partial charge in [-0.15, -0.1) is 0 Å². The number of rotatable bonds is 2. The molecule has 0 saturated carbocycles. The molecule has 120 valence electrons. The van der Waals surface area contributed by atoms with E-state index in [2.05, 4.69) is 5.10 Å². The zero-order valence-corrected chi connectivity index (χ0v) is 13.1. The summed E-state index contributed by atoms with van der Waals surface area (Å²) in [6.07, 6.45) is 2.04. The number of esters is 1. The molecule has 0 aromatic carbocycles. The van der Waals surface area contributed by atoms with E-state index in [0.29, 0.717) is 45.0 Å². The van der Waals surface area contributed by atoms with Gasteiger partial charge in [0.25, 0.3) is 5.91 Å². The minimum atomic E-state index is -0.212. The number of fused-ring (bicyclic) bond motifs is 1. The van der Waals surface area contributed by atoms with Gasteiger partial charge in [0, 0.05) is 26.1 Å². The normalized spacial score (nSPS) is 18.5. The van der Waals surface area contributed by atoms with Crippen LogP contribution in [-0.4, -0.2) is 53.4 Å². The van der Waals surface area contributed by atoms with Crippen molar-refractivity contribution in [3.05, 3.63) is 10.7 Å². The Labute approximate surface area is 133 Å². The third-order valence-corrected chi connectivity index (χ3v) is 4.46. The molecule has 0 radical (unpaired) electrons. The van der Waals surface area contributed by atoms with Crippen molar-refractivity contribution in [3.63, 3.8) is 0 Å². The molecule has 2 aliphatic heterocycles. The minimum absolute atomic E-state index is 0.136. The lowest BCUT2D eigenvalue weighted by Crippen LogP contribution is -2.40. The Morgan fingerprint density at radius 2 is 2.05 bits per heavy atom. The van der Waals surface area contributed by atoms with Crippen molar-refractivity contribution in [3.8, 4) is 5.88 Å². The summed E-state index contributed by atoms with van der Waals surface area (Å²) >= 11 is 6.23. The van der Waals surface area contributed by atoms with Gasteiger partial charge >= 0.3 is 5.97 Å². The Bertz CT molecular complexity index is 593. The van der Waals surface area contributed by atoms with E-state index in [-0.39, 0.29) is 28.5 Å². The number of nitrogens with zero attached hydrogens (tertiary/aromatic N) is 3. The van der Waals surface area contributed by atoms with Crippen molar-refractivity contribution in [2.24, 2.45) is 5.92 Å². The quantitative estimate of drug-likeness (QED) is 0.766. The van der Waals surface area contributed by atoms with Crippen LogP contribution in [0.1, 0.15) is 29.8 Å². The van der Waals surface area contributed by atoms with Gasteiger partial charge in [-0.25, -0.2) is 4.68 Å². The van der Waals surface area contributed by atoms with E-state index in [9.17, 15) is 9.59 Å². The van der Waals surface area contributed by atoms with E-state index in [1.807, 2.05) is 0 Å². The van der Waals surface area contributed by atoms with Gasteiger partial charge in [-0.1, -0.05) is 11.6 Å². The maximum atomic E-state index is 12.6. The number of aryl methyl sites for hydroxylation is 1. The molecule has 0 unspecified atom stereocenters. The van der Waals surface area contributed by atoms with E-state index in [0.717, 1.165) is 6.42 Å². The first kappa shape index (κ1) is 15.1. The van der Waals surface area contributed by atoms with Crippen molar-refractivity contribution in [1.29, 1.82) is 0 Å². The first-order valence-electron chi connectivity index (χ1n) is 7.38. The highest BCUT2D eigenvalue weighted by Gasteiger charge is 2.32. The molecule has 3 heterocycles. The van der Waals surface area contributed by atoms with Gasteiger partial charge in [0.2, 0.25) is 5.88 Å². The highest BCUT2D eigenvalue weighted by atomic mass is 35.5. The molecule has 1 amide bonds. The number of aromatic nitrogens is 2. The molecule has 1 fully saturated rings. The second kappa shape index (κ2) is 6.16. The molecule has 2 aliphatic rings. The first-order chi connectivity index (χ1) is 10.6. The standard InChI is InChI=1S/C14H18ClN3O4/c1-21-14(20)9-3-6-17(7-4-9)12(19)11-10(15)13-18(16-11)5-2-8-22-13/h9H,2-8H2,1H3. The fourth-order valence-electron chi connectivity index (χ4n) is 2.87. The van der Waals surface area contributed by atoms with Gasteiger partial charge in [-0.3, -0.25) is 9.59 Å². The number of carbonyl (C=O) groups excluding carboxylic acids is 2. The molecular weight excluding hydrogens is 310 g/mol. The second-order valence-electron chi connectivity index (χ2n) is 5.48. The van der Waals surface area contributed by atoms with Crippen molar-refractivity contribution in [2.75, 3.05) is 26.8 Å². The van der Waals surface area contributed by atoms with Crippen LogP contribution < -0.4 is 4.74 Å². The molecule has 0 atom stereocenters. The Balaban J connectivity index is 1.70. The van der Waals surface area contributed by atoms with Gasteiger partial charge in [0.05, 0.1) is 19.6 Å². The lowest BCUT2D eigenvalue weighted by atomic mass is 9.97. The zero-order valence-electron chi connectivity index (χ0n) is 12.4. The third-order valence-electron chi connectivity index (χ3n) is 4.12. The van der Waals surface area contributed by atoms with Crippen LogP contribution in [0.2, 0.25) is 5.02 Å². The van der Waals surface area contributed by atoms with Gasteiger partial charge < -0.3 is 14.4 Å². The van der Waals surface area contributed by atoms with E-state index < -0.39 is 0 Å². The van der Waals surface area contributed by atoms with Gasteiger partial charge in [-0.05, 0) is 12.8 Å². The number of hydrogen-bond donors (Lipinski definition) is 0. The first-order valence-corrected chi connectivity index (χ1v) is 7.76. The molecule has 1 saturated heterocycles. The summed E-state index contributed by atoms with van der Waals surface area (Å²) in [5, 5.41) is 4.55. The Hall–Kier alpha value is -1.76. The number of halogens is 1. The van der Waals surface area contributed by atoms with Crippen molar-refractivity contribution < 1.29 is 19.1 Å². The number of hydrogen-bond acceptors (Lipinski definition) is 5. The maximum absolute atomic E-state index is 12.6. The van der Waals surface area contributed by atoms with Crippen molar-refractivity contribution in [2.45, 2.75) is 25.8 Å². The highest BCUT2D eigenvalue weighted by molar-refractivity contribution is 6.34. The summed E-state index contributed by atoms with van der Waals surface area (Å²) in [5.41, 5.74) is 0.232. The number of likely N-dealkylation sites (tertiary alicyclic amines) is 1. The molecule has 0 aliphatic carbocycles. The van der Waals surface area contributed by atoms with Crippen LogP contribution >= 0.6 is 11.6 Å². The van der Waals surface area contributed by atoms with Crippen LogP contribution in [0.15, 0.2) is 0 Å². The fourth-order valence-corrected chi connectivity index (χ4v) is 3.14. The predicted molar refractivity (Wildman–Crippen MR) is 78.0 cm³/mol. The lowest BCUT2D eigenvalue weighted by molar-refractivity contribution is -0.146. The smallest absolute Gasteiger partial charge is 0.308 e. The number of carbonyl (C=O) groups is 2. The lowest BCUT2D eigenvalue weighted by Gasteiger charge is -2.30. The zero-order chi connectivity index (χ0) is 15.7. The summed E-state index contributed by atoms with van der Waals surface area (Å²) in [5.74, 6) is -0.0847. The molecule has 0 N–H and O–H groups in total. The third kappa shape index (κ3) is 2.65. The average molecular weight is 328 g/mol. The fraction of sp³-hybridized carbons (Fsp3) is 0.643. The summed E-state index contributed by atoms with van der Waals surface area (Å²) in [4.78, 5) is 25.8. The molecular formula is C14H18ClN3O4. The van der Waals surface area contributed by atoms with Crippen molar-refractivity contribution >= 4 is 23.5 Å². The minimum Gasteiger partial charge on any atom is -0.477 e. The van der Waals surface area contributed by atoms with E-state index >= 15 is 0 Å².